The van der Waals surface area contributed by atoms with Gasteiger partial charge < -0.3 is 14.9 Å². The van der Waals surface area contributed by atoms with Gasteiger partial charge in [-0.1, -0.05) is 36.4 Å². The first kappa shape index (κ1) is 35.0. The SMILES string of the molecule is O=C1CCC(c2cccc(CN3CCN(c4ccc(-c5ccc6c(c5)C(=O)N(C(C(=O)Nc5nccs5)c5cc(F)ccc5O)C6)nn4)CC3)c2)C(=O)N1. The van der Waals surface area contributed by atoms with Crippen LogP contribution in [0.15, 0.2) is 84.4 Å². The molecular weight excluding hydrogens is 712 g/mol. The maximum atomic E-state index is 14.4. The number of amides is 4. The van der Waals surface area contributed by atoms with E-state index in [-0.39, 0.29) is 35.6 Å². The van der Waals surface area contributed by atoms with Gasteiger partial charge in [0.1, 0.15) is 17.6 Å². The first-order chi connectivity index (χ1) is 26.2. The van der Waals surface area contributed by atoms with Crippen LogP contribution in [-0.2, 0) is 27.5 Å². The minimum Gasteiger partial charge on any atom is -0.508 e. The predicted molar refractivity (Wildman–Crippen MR) is 198 cm³/mol. The van der Waals surface area contributed by atoms with E-state index < -0.39 is 23.7 Å². The highest BCUT2D eigenvalue weighted by molar-refractivity contribution is 7.13. The molecule has 2 fully saturated rings. The molecule has 15 heteroatoms. The summed E-state index contributed by atoms with van der Waals surface area (Å²) in [4.78, 5) is 61.4. The molecule has 13 nitrogen and oxygen atoms in total. The van der Waals surface area contributed by atoms with Crippen LogP contribution in [0.4, 0.5) is 15.3 Å². The van der Waals surface area contributed by atoms with Crippen molar-refractivity contribution in [3.05, 3.63) is 118 Å². The Hall–Kier alpha value is -6.06. The Morgan fingerprint density at radius 3 is 2.61 bits per heavy atom. The Balaban J connectivity index is 0.923. The number of carbonyl (C=O) groups is 4. The number of nitrogens with one attached hydrogen (secondary N) is 2. The minimum absolute atomic E-state index is 0.0355. The lowest BCUT2D eigenvalue weighted by Crippen LogP contribution is -2.46. The largest absolute Gasteiger partial charge is 0.508 e. The average Bonchev–Trinajstić information content (AvgIpc) is 3.81. The number of fused-ring (bicyclic) bond motifs is 1. The van der Waals surface area contributed by atoms with Gasteiger partial charge in [0.25, 0.3) is 11.8 Å². The number of hydrogen-bond acceptors (Lipinski definition) is 11. The number of imide groups is 1. The molecular formula is C39H35FN8O5S. The monoisotopic (exact) mass is 746 g/mol. The summed E-state index contributed by atoms with van der Waals surface area (Å²) in [7, 11) is 0. The van der Waals surface area contributed by atoms with Crippen LogP contribution >= 0.6 is 11.3 Å². The zero-order chi connectivity index (χ0) is 37.3. The summed E-state index contributed by atoms with van der Waals surface area (Å²) in [5, 5.41) is 26.8. The molecule has 0 spiro atoms. The molecule has 0 radical (unpaired) electrons. The quantitative estimate of drug-likeness (QED) is 0.182. The zero-order valence-electron chi connectivity index (χ0n) is 28.9. The first-order valence-electron chi connectivity index (χ1n) is 17.6. The van der Waals surface area contributed by atoms with E-state index >= 15 is 0 Å². The van der Waals surface area contributed by atoms with Gasteiger partial charge in [0.15, 0.2) is 10.9 Å². The number of halogens is 1. The van der Waals surface area contributed by atoms with Crippen LogP contribution in [-0.4, -0.2) is 79.9 Å². The van der Waals surface area contributed by atoms with Gasteiger partial charge in [0.05, 0.1) is 11.6 Å². The molecule has 3 N–H and O–H groups in total. The number of phenols is 1. The molecule has 0 aliphatic carbocycles. The second kappa shape index (κ2) is 14.8. The maximum absolute atomic E-state index is 14.4. The number of nitrogens with zero attached hydrogens (tertiary/aromatic N) is 6. The van der Waals surface area contributed by atoms with Gasteiger partial charge in [-0.2, -0.15) is 0 Å². The summed E-state index contributed by atoms with van der Waals surface area (Å²) >= 11 is 1.20. The van der Waals surface area contributed by atoms with Gasteiger partial charge in [-0.15, -0.1) is 21.5 Å². The molecule has 3 aliphatic rings. The number of aromatic nitrogens is 3. The fourth-order valence-corrected chi connectivity index (χ4v) is 7.84. The van der Waals surface area contributed by atoms with Crippen molar-refractivity contribution < 1.29 is 28.7 Å². The van der Waals surface area contributed by atoms with Crippen LogP contribution in [0.2, 0.25) is 0 Å². The van der Waals surface area contributed by atoms with Crippen LogP contribution in [0.5, 0.6) is 5.75 Å². The van der Waals surface area contributed by atoms with Gasteiger partial charge in [0.2, 0.25) is 11.8 Å². The number of hydrogen-bond donors (Lipinski definition) is 3. The molecule has 0 bridgehead atoms. The van der Waals surface area contributed by atoms with Gasteiger partial charge in [-0.3, -0.25) is 34.7 Å². The predicted octanol–water partition coefficient (Wildman–Crippen LogP) is 4.62. The Bertz CT molecular complexity index is 2240. The van der Waals surface area contributed by atoms with Crippen molar-refractivity contribution in [3.8, 4) is 17.0 Å². The van der Waals surface area contributed by atoms with Gasteiger partial charge in [0, 0.05) is 74.0 Å². The molecule has 5 heterocycles. The third-order valence-corrected chi connectivity index (χ3v) is 10.8. The number of piperidine rings is 1. The lowest BCUT2D eigenvalue weighted by atomic mass is 9.89. The topological polar surface area (TPSA) is 161 Å². The lowest BCUT2D eigenvalue weighted by Gasteiger charge is -2.35. The Kier molecular flexibility index (Phi) is 9.56. The number of piperazine rings is 1. The zero-order valence-corrected chi connectivity index (χ0v) is 29.8. The molecule has 2 unspecified atom stereocenters. The summed E-state index contributed by atoms with van der Waals surface area (Å²) < 4.78 is 14.4. The smallest absolute Gasteiger partial charge is 0.255 e. The summed E-state index contributed by atoms with van der Waals surface area (Å²) in [6.07, 6.45) is 2.40. The molecule has 2 atom stereocenters. The van der Waals surface area contributed by atoms with Crippen molar-refractivity contribution in [2.75, 3.05) is 36.4 Å². The minimum atomic E-state index is -1.32. The van der Waals surface area contributed by atoms with E-state index in [1.807, 2.05) is 30.3 Å². The molecule has 5 aromatic rings. The van der Waals surface area contributed by atoms with Crippen LogP contribution in [0.3, 0.4) is 0 Å². The molecule has 54 heavy (non-hydrogen) atoms. The number of benzene rings is 3. The van der Waals surface area contributed by atoms with Gasteiger partial charge in [-0.05, 0) is 59.5 Å². The van der Waals surface area contributed by atoms with E-state index in [1.54, 1.807) is 17.5 Å². The third kappa shape index (κ3) is 7.15. The summed E-state index contributed by atoms with van der Waals surface area (Å²) in [5.74, 6) is -2.06. The normalized spacial score (nSPS) is 18.0. The summed E-state index contributed by atoms with van der Waals surface area (Å²) in [6, 6.07) is 19.2. The van der Waals surface area contributed by atoms with Crippen LogP contribution in [0.25, 0.3) is 11.3 Å². The Morgan fingerprint density at radius 2 is 1.85 bits per heavy atom. The molecule has 274 valence electrons. The molecule has 0 saturated carbocycles. The number of thiazole rings is 1. The number of carbonyl (C=O) groups excluding carboxylic acids is 4. The van der Waals surface area contributed by atoms with E-state index in [0.29, 0.717) is 40.4 Å². The first-order valence-corrected chi connectivity index (χ1v) is 18.4. The molecule has 2 aromatic heterocycles. The molecule has 4 amide bonds. The van der Waals surface area contributed by atoms with Crippen LogP contribution < -0.4 is 15.5 Å². The standard InChI is InChI=1S/C39H35FN8O5S/c40-27-6-9-32(49)30(20-27)35(37(52)43-39-41-12-17-54-39)48-22-26-5-4-25(19-29(26)38(48)53)31-8-10-33(45-44-31)47-15-13-46(14-16-47)21-23-2-1-3-24(18-23)28-7-11-34(50)42-36(28)51/h1-6,8-10,12,17-20,28,35,49H,7,11,13-16,21-22H2,(H,41,43,52)(H,42,50,51). The van der Waals surface area contributed by atoms with Crippen LogP contribution in [0.1, 0.15) is 57.4 Å². The van der Waals surface area contributed by atoms with Crippen molar-refractivity contribution in [2.45, 2.75) is 37.9 Å². The van der Waals surface area contributed by atoms with E-state index in [2.05, 4.69) is 47.7 Å². The number of anilines is 2. The van der Waals surface area contributed by atoms with Gasteiger partial charge in [-0.25, -0.2) is 9.37 Å². The fraction of sp³-hybridized carbons (Fsp3) is 0.256. The number of phenolic OH excluding ortho intramolecular Hbond substituents is 1. The summed E-state index contributed by atoms with van der Waals surface area (Å²) in [5.41, 5.74) is 4.31. The second-order valence-corrected chi connectivity index (χ2v) is 14.4. The third-order valence-electron chi connectivity index (χ3n) is 10.1. The van der Waals surface area contributed by atoms with Crippen molar-refractivity contribution in [1.82, 2.24) is 30.3 Å². The van der Waals surface area contributed by atoms with E-state index in [4.69, 9.17) is 0 Å². The highest BCUT2D eigenvalue weighted by atomic mass is 32.1. The highest BCUT2D eigenvalue weighted by Crippen LogP contribution is 2.38. The second-order valence-electron chi connectivity index (χ2n) is 13.5. The highest BCUT2D eigenvalue weighted by Gasteiger charge is 2.39. The van der Waals surface area contributed by atoms with Crippen LogP contribution in [0, 0.1) is 5.82 Å². The number of aromatic hydroxyl groups is 1. The lowest BCUT2D eigenvalue weighted by molar-refractivity contribution is -0.134. The Morgan fingerprint density at radius 1 is 1.00 bits per heavy atom. The van der Waals surface area contributed by atoms with E-state index in [9.17, 15) is 28.7 Å². The van der Waals surface area contributed by atoms with Crippen molar-refractivity contribution in [3.63, 3.8) is 0 Å². The fourth-order valence-electron chi connectivity index (χ4n) is 7.31. The summed E-state index contributed by atoms with van der Waals surface area (Å²) in [6.45, 7) is 3.94. The molecule has 3 aromatic carbocycles. The molecule has 2 saturated heterocycles. The van der Waals surface area contributed by atoms with Crippen molar-refractivity contribution >= 4 is 45.9 Å². The van der Waals surface area contributed by atoms with Crippen molar-refractivity contribution in [2.24, 2.45) is 0 Å². The average molecular weight is 747 g/mol. The number of rotatable bonds is 9. The molecule has 8 rings (SSSR count). The molecule has 3 aliphatic heterocycles. The van der Waals surface area contributed by atoms with Gasteiger partial charge >= 0.3 is 0 Å². The Labute approximate surface area is 313 Å². The maximum Gasteiger partial charge on any atom is 0.255 e. The van der Waals surface area contributed by atoms with Crippen molar-refractivity contribution in [1.29, 1.82) is 0 Å². The van der Waals surface area contributed by atoms with E-state index in [0.717, 1.165) is 67.9 Å². The van der Waals surface area contributed by atoms with E-state index in [1.165, 1.54) is 22.4 Å².